The summed E-state index contributed by atoms with van der Waals surface area (Å²) in [6.07, 6.45) is -1.05. The highest BCUT2D eigenvalue weighted by molar-refractivity contribution is 6.31. The summed E-state index contributed by atoms with van der Waals surface area (Å²) in [6.45, 7) is 4.33. The van der Waals surface area contributed by atoms with Crippen molar-refractivity contribution in [1.29, 1.82) is 0 Å². The van der Waals surface area contributed by atoms with Gasteiger partial charge in [-0.1, -0.05) is 11.6 Å². The second-order valence-electron chi connectivity index (χ2n) is 6.29. The van der Waals surface area contributed by atoms with Crippen LogP contribution in [0.25, 0.3) is 0 Å². The molecule has 0 radical (unpaired) electrons. The lowest BCUT2D eigenvalue weighted by molar-refractivity contribution is -0.155. The Morgan fingerprint density at radius 1 is 1.14 bits per heavy atom. The molecule has 2 aromatic rings. The predicted molar refractivity (Wildman–Crippen MR) is 109 cm³/mol. The molecule has 0 fully saturated rings. The molecular formula is C21H22ClNO6. The van der Waals surface area contributed by atoms with Crippen molar-refractivity contribution >= 4 is 34.9 Å². The number of amides is 1. The molecule has 0 saturated carbocycles. The summed E-state index contributed by atoms with van der Waals surface area (Å²) in [6, 6.07) is 9.61. The number of benzene rings is 2. The zero-order chi connectivity index (χ0) is 21.6. The van der Waals surface area contributed by atoms with Gasteiger partial charge in [0.05, 0.1) is 12.8 Å². The van der Waals surface area contributed by atoms with Crippen LogP contribution in [0.1, 0.15) is 29.8 Å². The Hall–Kier alpha value is -3.06. The van der Waals surface area contributed by atoms with Gasteiger partial charge in [0.2, 0.25) is 0 Å². The summed E-state index contributed by atoms with van der Waals surface area (Å²) >= 11 is 6.05. The Morgan fingerprint density at radius 3 is 2.38 bits per heavy atom. The van der Waals surface area contributed by atoms with Crippen molar-refractivity contribution in [2.45, 2.75) is 26.9 Å². The lowest BCUT2D eigenvalue weighted by Crippen LogP contribution is -2.31. The minimum absolute atomic E-state index is 0.0664. The molecule has 2 rings (SSSR count). The number of carbonyl (C=O) groups is 3. The van der Waals surface area contributed by atoms with E-state index in [0.29, 0.717) is 27.8 Å². The summed E-state index contributed by atoms with van der Waals surface area (Å²) in [5.74, 6) is -0.495. The maximum absolute atomic E-state index is 12.3. The van der Waals surface area contributed by atoms with E-state index >= 15 is 0 Å². The van der Waals surface area contributed by atoms with Crippen molar-refractivity contribution in [2.75, 3.05) is 19.0 Å². The van der Waals surface area contributed by atoms with E-state index in [2.05, 4.69) is 5.32 Å². The minimum atomic E-state index is -1.05. The summed E-state index contributed by atoms with van der Waals surface area (Å²) in [4.78, 5) is 35.5. The molecule has 154 valence electrons. The first-order valence-electron chi connectivity index (χ1n) is 8.79. The molecule has 0 unspecified atom stereocenters. The van der Waals surface area contributed by atoms with Crippen LogP contribution in [0.15, 0.2) is 36.4 Å². The van der Waals surface area contributed by atoms with Crippen molar-refractivity contribution in [2.24, 2.45) is 0 Å². The third-order valence-electron chi connectivity index (χ3n) is 4.03. The highest BCUT2D eigenvalue weighted by Gasteiger charge is 2.20. The molecule has 0 heterocycles. The zero-order valence-corrected chi connectivity index (χ0v) is 17.3. The van der Waals surface area contributed by atoms with E-state index in [4.69, 9.17) is 25.8 Å². The van der Waals surface area contributed by atoms with Crippen LogP contribution >= 0.6 is 11.6 Å². The average molecular weight is 420 g/mol. The molecule has 2 aromatic carbocycles. The van der Waals surface area contributed by atoms with Crippen molar-refractivity contribution in [3.05, 3.63) is 52.5 Å². The first kappa shape index (κ1) is 22.2. The van der Waals surface area contributed by atoms with E-state index in [1.54, 1.807) is 43.3 Å². The third-order valence-corrected chi connectivity index (χ3v) is 4.44. The third kappa shape index (κ3) is 6.22. The van der Waals surface area contributed by atoms with Gasteiger partial charge < -0.3 is 19.5 Å². The molecule has 8 heteroatoms. The molecule has 0 aliphatic heterocycles. The largest absolute Gasteiger partial charge is 0.495 e. The van der Waals surface area contributed by atoms with Gasteiger partial charge in [0.15, 0.2) is 18.5 Å². The number of aryl methyl sites for hydroxylation is 1. The van der Waals surface area contributed by atoms with Crippen LogP contribution in [-0.4, -0.2) is 37.5 Å². The fourth-order valence-electron chi connectivity index (χ4n) is 2.38. The summed E-state index contributed by atoms with van der Waals surface area (Å²) in [5.41, 5.74) is 1.72. The molecule has 0 aliphatic rings. The molecule has 0 saturated heterocycles. The standard InChI is InChI=1S/C21H22ClNO6/c1-12-9-18(19(27-4)10-17(12)22)23-21(26)14(3)29-20(25)11-28-16-7-5-15(6-8-16)13(2)24/h5-10,14H,11H2,1-4H3,(H,23,26)/t14-/m1/s1. The Bertz CT molecular complexity index is 910. The molecule has 29 heavy (non-hydrogen) atoms. The molecule has 0 aliphatic carbocycles. The molecule has 1 atom stereocenters. The lowest BCUT2D eigenvalue weighted by atomic mass is 10.1. The Kier molecular flexibility index (Phi) is 7.61. The molecule has 1 amide bonds. The number of Topliss-reactive ketones (excluding diaryl/α,β-unsaturated/α-hetero) is 1. The van der Waals surface area contributed by atoms with E-state index in [1.165, 1.54) is 21.0 Å². The molecule has 0 bridgehead atoms. The quantitative estimate of drug-likeness (QED) is 0.516. The van der Waals surface area contributed by atoms with Crippen molar-refractivity contribution in [1.82, 2.24) is 0 Å². The van der Waals surface area contributed by atoms with Crippen molar-refractivity contribution in [3.8, 4) is 11.5 Å². The number of ether oxygens (including phenoxy) is 3. The topological polar surface area (TPSA) is 90.9 Å². The SMILES string of the molecule is COc1cc(Cl)c(C)cc1NC(=O)[C@@H](C)OC(=O)COc1ccc(C(C)=O)cc1. The Morgan fingerprint density at radius 2 is 1.79 bits per heavy atom. The fourth-order valence-corrected chi connectivity index (χ4v) is 2.53. The number of hydrogen-bond acceptors (Lipinski definition) is 6. The van der Waals surface area contributed by atoms with E-state index in [9.17, 15) is 14.4 Å². The van der Waals surface area contributed by atoms with Crippen LogP contribution in [0.4, 0.5) is 5.69 Å². The fraction of sp³-hybridized carbons (Fsp3) is 0.286. The van der Waals surface area contributed by atoms with Crippen molar-refractivity contribution in [3.63, 3.8) is 0 Å². The van der Waals surface area contributed by atoms with Crippen LogP contribution < -0.4 is 14.8 Å². The van der Waals surface area contributed by atoms with Gasteiger partial charge in [0.1, 0.15) is 11.5 Å². The molecule has 1 N–H and O–H groups in total. The smallest absolute Gasteiger partial charge is 0.344 e. The van der Waals surface area contributed by atoms with E-state index < -0.39 is 18.0 Å². The van der Waals surface area contributed by atoms with Gasteiger partial charge in [-0.15, -0.1) is 0 Å². The van der Waals surface area contributed by atoms with Gasteiger partial charge in [-0.25, -0.2) is 4.79 Å². The number of hydrogen-bond donors (Lipinski definition) is 1. The van der Waals surface area contributed by atoms with Crippen LogP contribution in [0.2, 0.25) is 5.02 Å². The number of rotatable bonds is 8. The number of anilines is 1. The van der Waals surface area contributed by atoms with Gasteiger partial charge in [-0.05, 0) is 56.7 Å². The van der Waals surface area contributed by atoms with Gasteiger partial charge >= 0.3 is 5.97 Å². The van der Waals surface area contributed by atoms with E-state index in [-0.39, 0.29) is 12.4 Å². The van der Waals surface area contributed by atoms with Crippen LogP contribution in [0, 0.1) is 6.92 Å². The van der Waals surface area contributed by atoms with Gasteiger partial charge in [0, 0.05) is 16.7 Å². The van der Waals surface area contributed by atoms with Crippen molar-refractivity contribution < 1.29 is 28.6 Å². The summed E-state index contributed by atoms with van der Waals surface area (Å²) < 4.78 is 15.6. The van der Waals surface area contributed by atoms with Gasteiger partial charge in [-0.3, -0.25) is 9.59 Å². The first-order valence-corrected chi connectivity index (χ1v) is 9.17. The molecule has 0 aromatic heterocycles. The first-order chi connectivity index (χ1) is 13.7. The van der Waals surface area contributed by atoms with Crippen LogP contribution in [0.3, 0.4) is 0 Å². The monoisotopic (exact) mass is 419 g/mol. The predicted octanol–water partition coefficient (Wildman–Crippen LogP) is 3.81. The molecule has 7 nitrogen and oxygen atoms in total. The molecular weight excluding hydrogens is 398 g/mol. The Labute approximate surface area is 173 Å². The maximum Gasteiger partial charge on any atom is 0.344 e. The number of halogens is 1. The van der Waals surface area contributed by atoms with Crippen LogP contribution in [-0.2, 0) is 14.3 Å². The zero-order valence-electron chi connectivity index (χ0n) is 16.6. The van der Waals surface area contributed by atoms with E-state index in [0.717, 1.165) is 5.56 Å². The number of carbonyl (C=O) groups excluding carboxylic acids is 3. The number of ketones is 1. The lowest BCUT2D eigenvalue weighted by Gasteiger charge is -2.16. The maximum atomic E-state index is 12.3. The highest BCUT2D eigenvalue weighted by atomic mass is 35.5. The summed E-state index contributed by atoms with van der Waals surface area (Å²) in [7, 11) is 1.46. The minimum Gasteiger partial charge on any atom is -0.495 e. The number of nitrogens with one attached hydrogen (secondary N) is 1. The highest BCUT2D eigenvalue weighted by Crippen LogP contribution is 2.31. The normalized spacial score (nSPS) is 11.3. The second-order valence-corrected chi connectivity index (χ2v) is 6.70. The second kappa shape index (κ2) is 9.93. The number of esters is 1. The average Bonchev–Trinajstić information content (AvgIpc) is 2.69. The Balaban J connectivity index is 1.89. The van der Waals surface area contributed by atoms with Crippen LogP contribution in [0.5, 0.6) is 11.5 Å². The van der Waals surface area contributed by atoms with E-state index in [1.807, 2.05) is 0 Å². The van der Waals surface area contributed by atoms with Gasteiger partial charge in [0.25, 0.3) is 5.91 Å². The number of methoxy groups -OCH3 is 1. The molecule has 0 spiro atoms. The summed E-state index contributed by atoms with van der Waals surface area (Å²) in [5, 5.41) is 3.16. The van der Waals surface area contributed by atoms with Gasteiger partial charge in [-0.2, -0.15) is 0 Å².